The number of esters is 4. The Morgan fingerprint density at radius 1 is 0.287 bits per heavy atom. The van der Waals surface area contributed by atoms with Gasteiger partial charge in [0.1, 0.15) is 19.3 Å². The van der Waals surface area contributed by atoms with Gasteiger partial charge >= 0.3 is 39.5 Å². The van der Waals surface area contributed by atoms with Crippen molar-refractivity contribution < 1.29 is 80.2 Å². The van der Waals surface area contributed by atoms with Crippen LogP contribution >= 0.6 is 15.6 Å². The van der Waals surface area contributed by atoms with E-state index in [4.69, 9.17) is 37.0 Å². The van der Waals surface area contributed by atoms with Crippen LogP contribution in [0.5, 0.6) is 0 Å². The Bertz CT molecular complexity index is 1960. The minimum absolute atomic E-state index is 0.106. The lowest BCUT2D eigenvalue weighted by Gasteiger charge is -2.21. The van der Waals surface area contributed by atoms with E-state index >= 15 is 0 Å². The second-order valence-corrected chi connectivity index (χ2v) is 33.4. The number of carbonyl (C=O) groups is 4. The van der Waals surface area contributed by atoms with Crippen LogP contribution in [0.4, 0.5) is 0 Å². The van der Waals surface area contributed by atoms with Gasteiger partial charge in [-0.25, -0.2) is 9.13 Å². The molecule has 0 aromatic rings. The minimum Gasteiger partial charge on any atom is -0.462 e. The standard InChI is InChI=1S/C82H160O17P2/c1-8-11-12-13-14-42-49-56-63-79(84)92-69-77(98-82(87)66-59-52-45-38-32-31-33-39-46-53-60-73(4)5)71-96-100(88,89)94-67-76(83)68-95-101(90,91)97-72-78(70-93-80(85)64-57-50-43-36-29-25-22-21-24-28-35-41-48-55-62-75(7)10-3)99-81(86)65-58-51-44-37-30-26-20-18-16-15-17-19-23-27-34-40-47-54-61-74(6)9-2/h73-78,83H,8-72H2,1-7H3,(H,88,89)(H,90,91)/t74?,75?,76-,77+,78+/m0/s1. The third kappa shape index (κ3) is 73.4. The summed E-state index contributed by atoms with van der Waals surface area (Å²) < 4.78 is 68.6. The van der Waals surface area contributed by atoms with Gasteiger partial charge in [0, 0.05) is 25.7 Å². The molecule has 0 saturated carbocycles. The van der Waals surface area contributed by atoms with Crippen molar-refractivity contribution in [2.24, 2.45) is 17.8 Å². The Balaban J connectivity index is 5.19. The minimum atomic E-state index is -4.96. The predicted octanol–water partition coefficient (Wildman–Crippen LogP) is 24.5. The van der Waals surface area contributed by atoms with Crippen LogP contribution in [0.25, 0.3) is 0 Å². The number of rotatable bonds is 80. The van der Waals surface area contributed by atoms with Gasteiger partial charge in [-0.1, -0.05) is 376 Å². The molecule has 0 aromatic carbocycles. The van der Waals surface area contributed by atoms with Crippen molar-refractivity contribution in [1.29, 1.82) is 0 Å². The molecule has 0 aromatic heterocycles. The van der Waals surface area contributed by atoms with Gasteiger partial charge in [-0.3, -0.25) is 37.3 Å². The first kappa shape index (κ1) is 99.1. The Labute approximate surface area is 619 Å². The zero-order chi connectivity index (χ0) is 74.4. The molecule has 17 nitrogen and oxygen atoms in total. The second-order valence-electron chi connectivity index (χ2n) is 30.5. The van der Waals surface area contributed by atoms with Gasteiger partial charge in [0.05, 0.1) is 26.4 Å². The first-order valence-corrected chi connectivity index (χ1v) is 45.4. The van der Waals surface area contributed by atoms with Crippen molar-refractivity contribution in [1.82, 2.24) is 0 Å². The Kier molecular flexibility index (Phi) is 70.9. The quantitative estimate of drug-likeness (QED) is 0.0222. The molecule has 0 aliphatic heterocycles. The van der Waals surface area contributed by atoms with Crippen LogP contribution in [0.2, 0.25) is 0 Å². The van der Waals surface area contributed by atoms with E-state index in [0.717, 1.165) is 114 Å². The highest BCUT2D eigenvalue weighted by Gasteiger charge is 2.30. The maximum Gasteiger partial charge on any atom is 0.472 e. The van der Waals surface area contributed by atoms with E-state index in [1.807, 2.05) is 0 Å². The molecule has 0 aliphatic carbocycles. The molecule has 101 heavy (non-hydrogen) atoms. The molecule has 0 saturated heterocycles. The summed E-state index contributed by atoms with van der Waals surface area (Å²) in [6, 6.07) is 0. The lowest BCUT2D eigenvalue weighted by atomic mass is 9.99. The number of ether oxygens (including phenoxy) is 4. The summed E-state index contributed by atoms with van der Waals surface area (Å²) >= 11 is 0. The summed E-state index contributed by atoms with van der Waals surface area (Å²) in [6.45, 7) is 12.0. The SMILES string of the molecule is CCCCCCCCCCC(=O)OC[C@H](COP(=O)(O)OC[C@H](O)COP(=O)(O)OC[C@@H](COC(=O)CCCCCCCCCCCCCCCCC(C)CC)OC(=O)CCCCCCCCCCCCCCCCCCCCC(C)CC)OC(=O)CCCCCCCCCCCCC(C)C. The molecule has 0 radical (unpaired) electrons. The molecule has 600 valence electrons. The molecule has 7 atom stereocenters. The third-order valence-electron chi connectivity index (χ3n) is 19.9. The third-order valence-corrected chi connectivity index (χ3v) is 21.8. The van der Waals surface area contributed by atoms with Crippen LogP contribution in [0.3, 0.4) is 0 Å². The first-order chi connectivity index (χ1) is 48.8. The van der Waals surface area contributed by atoms with Gasteiger partial charge in [0.25, 0.3) is 0 Å². The fourth-order valence-corrected chi connectivity index (χ4v) is 14.2. The lowest BCUT2D eigenvalue weighted by molar-refractivity contribution is -0.161. The molecule has 0 fully saturated rings. The van der Waals surface area contributed by atoms with E-state index in [9.17, 15) is 43.2 Å². The Hall–Kier alpha value is -1.94. The van der Waals surface area contributed by atoms with Crippen LogP contribution in [0, 0.1) is 17.8 Å². The Morgan fingerprint density at radius 2 is 0.505 bits per heavy atom. The summed E-state index contributed by atoms with van der Waals surface area (Å²) in [5.41, 5.74) is 0. The molecule has 4 unspecified atom stereocenters. The molecular formula is C82H160O17P2. The molecule has 3 N–H and O–H groups in total. The summed E-state index contributed by atoms with van der Waals surface area (Å²) in [5.74, 6) is 0.360. The smallest absolute Gasteiger partial charge is 0.462 e. The van der Waals surface area contributed by atoms with Gasteiger partial charge in [-0.05, 0) is 43.4 Å². The summed E-state index contributed by atoms with van der Waals surface area (Å²) in [7, 11) is -9.92. The van der Waals surface area contributed by atoms with Crippen LogP contribution in [0.1, 0.15) is 427 Å². The van der Waals surface area contributed by atoms with Crippen LogP contribution < -0.4 is 0 Å². The number of phosphoric acid groups is 2. The number of aliphatic hydroxyl groups is 1. The van der Waals surface area contributed by atoms with Crippen LogP contribution in [-0.4, -0.2) is 96.7 Å². The van der Waals surface area contributed by atoms with Crippen molar-refractivity contribution in [3.05, 3.63) is 0 Å². The number of hydrogen-bond donors (Lipinski definition) is 3. The zero-order valence-electron chi connectivity index (χ0n) is 66.4. The molecule has 0 aliphatic rings. The van der Waals surface area contributed by atoms with Crippen molar-refractivity contribution in [3.8, 4) is 0 Å². The highest BCUT2D eigenvalue weighted by molar-refractivity contribution is 7.47. The van der Waals surface area contributed by atoms with E-state index < -0.39 is 97.5 Å². The number of aliphatic hydroxyl groups excluding tert-OH is 1. The van der Waals surface area contributed by atoms with Crippen LogP contribution in [0.15, 0.2) is 0 Å². The zero-order valence-corrected chi connectivity index (χ0v) is 68.2. The average molecular weight is 1480 g/mol. The van der Waals surface area contributed by atoms with Crippen molar-refractivity contribution >= 4 is 39.5 Å². The van der Waals surface area contributed by atoms with Gasteiger partial charge in [0.15, 0.2) is 12.2 Å². The molecule has 0 heterocycles. The van der Waals surface area contributed by atoms with E-state index in [1.54, 1.807) is 0 Å². The normalized spacial score (nSPS) is 14.5. The highest BCUT2D eigenvalue weighted by atomic mass is 31.2. The van der Waals surface area contributed by atoms with Crippen molar-refractivity contribution in [3.63, 3.8) is 0 Å². The number of carbonyl (C=O) groups excluding carboxylic acids is 4. The summed E-state index contributed by atoms with van der Waals surface area (Å²) in [5, 5.41) is 10.6. The molecule has 0 rings (SSSR count). The van der Waals surface area contributed by atoms with Gasteiger partial charge in [-0.15, -0.1) is 0 Å². The second kappa shape index (κ2) is 72.3. The van der Waals surface area contributed by atoms with Gasteiger partial charge < -0.3 is 33.8 Å². The van der Waals surface area contributed by atoms with Crippen molar-refractivity contribution in [2.75, 3.05) is 39.6 Å². The number of unbranched alkanes of at least 4 members (excludes halogenated alkanes) is 46. The van der Waals surface area contributed by atoms with Crippen LogP contribution in [-0.2, 0) is 65.4 Å². The fraction of sp³-hybridized carbons (Fsp3) is 0.951. The topological polar surface area (TPSA) is 237 Å². The van der Waals surface area contributed by atoms with E-state index in [2.05, 4.69) is 48.5 Å². The fourth-order valence-electron chi connectivity index (χ4n) is 12.6. The number of phosphoric ester groups is 2. The molecule has 0 amide bonds. The highest BCUT2D eigenvalue weighted by Crippen LogP contribution is 2.45. The average Bonchev–Trinajstić information content (AvgIpc) is 0.919. The van der Waals surface area contributed by atoms with E-state index in [1.165, 1.54) is 231 Å². The maximum absolute atomic E-state index is 13.1. The molecule has 0 bridgehead atoms. The summed E-state index contributed by atoms with van der Waals surface area (Å²) in [6.07, 6.45) is 61.1. The van der Waals surface area contributed by atoms with E-state index in [-0.39, 0.29) is 25.7 Å². The first-order valence-electron chi connectivity index (χ1n) is 42.4. The molecule has 19 heteroatoms. The lowest BCUT2D eigenvalue weighted by Crippen LogP contribution is -2.30. The maximum atomic E-state index is 13.1. The van der Waals surface area contributed by atoms with Gasteiger partial charge in [-0.2, -0.15) is 0 Å². The Morgan fingerprint density at radius 3 is 0.752 bits per heavy atom. The largest absolute Gasteiger partial charge is 0.472 e. The van der Waals surface area contributed by atoms with Crippen molar-refractivity contribution in [2.45, 2.75) is 446 Å². The predicted molar refractivity (Wildman–Crippen MR) is 414 cm³/mol. The number of hydrogen-bond acceptors (Lipinski definition) is 15. The monoisotopic (exact) mass is 1480 g/mol. The van der Waals surface area contributed by atoms with Gasteiger partial charge in [0.2, 0.25) is 0 Å². The van der Waals surface area contributed by atoms with E-state index in [0.29, 0.717) is 25.7 Å². The molecular weight excluding hydrogens is 1320 g/mol. The summed E-state index contributed by atoms with van der Waals surface area (Å²) in [4.78, 5) is 72.9. The molecule has 0 spiro atoms.